The van der Waals surface area contributed by atoms with Crippen LogP contribution in [-0.2, 0) is 0 Å². The largest absolute Gasteiger partial charge is 0.493 e. The third kappa shape index (κ3) is 4.60. The van der Waals surface area contributed by atoms with Gasteiger partial charge >= 0.3 is 0 Å². The van der Waals surface area contributed by atoms with E-state index in [4.69, 9.17) is 14.2 Å². The third-order valence-corrected chi connectivity index (χ3v) is 4.93. The summed E-state index contributed by atoms with van der Waals surface area (Å²) in [5.41, 5.74) is 1.49. The van der Waals surface area contributed by atoms with E-state index < -0.39 is 0 Å². The lowest BCUT2D eigenvalue weighted by Crippen LogP contribution is -2.29. The van der Waals surface area contributed by atoms with Crippen molar-refractivity contribution in [3.05, 3.63) is 48.8 Å². The molecule has 1 aliphatic heterocycles. The zero-order valence-corrected chi connectivity index (χ0v) is 17.1. The Balaban J connectivity index is 1.64. The summed E-state index contributed by atoms with van der Waals surface area (Å²) in [4.78, 5) is 13.4. The zero-order valence-electron chi connectivity index (χ0n) is 17.1. The van der Waals surface area contributed by atoms with Crippen LogP contribution in [0.5, 0.6) is 23.3 Å². The van der Waals surface area contributed by atoms with Crippen LogP contribution in [0.1, 0.15) is 12.8 Å². The van der Waals surface area contributed by atoms with E-state index >= 15 is 0 Å². The first-order chi connectivity index (χ1) is 14.8. The predicted molar refractivity (Wildman–Crippen MR) is 114 cm³/mol. The first kappa shape index (κ1) is 19.9. The van der Waals surface area contributed by atoms with Crippen molar-refractivity contribution in [1.82, 2.24) is 20.3 Å². The lowest BCUT2D eigenvalue weighted by atomic mass is 10.2. The van der Waals surface area contributed by atoms with Gasteiger partial charge in [-0.25, -0.2) is 9.97 Å². The van der Waals surface area contributed by atoms with Crippen LogP contribution in [0.15, 0.2) is 48.8 Å². The Hall–Kier alpha value is -3.39. The number of hydrogen-bond donors (Lipinski definition) is 2. The molecule has 0 spiro atoms. The number of ether oxygens (including phenoxy) is 3. The molecule has 4 rings (SSSR count). The van der Waals surface area contributed by atoms with Crippen LogP contribution >= 0.6 is 0 Å². The lowest BCUT2D eigenvalue weighted by molar-refractivity contribution is 0.374. The fourth-order valence-corrected chi connectivity index (χ4v) is 3.31. The van der Waals surface area contributed by atoms with Gasteiger partial charge < -0.3 is 24.8 Å². The molecule has 1 aromatic carbocycles. The molecule has 3 heterocycles. The van der Waals surface area contributed by atoms with E-state index in [1.807, 2.05) is 30.3 Å². The van der Waals surface area contributed by atoms with Gasteiger partial charge in [0.1, 0.15) is 5.69 Å². The third-order valence-electron chi connectivity index (χ3n) is 4.93. The minimum Gasteiger partial charge on any atom is -0.493 e. The maximum atomic E-state index is 6.15. The van der Waals surface area contributed by atoms with Crippen LogP contribution in [0.4, 0.5) is 5.69 Å². The fourth-order valence-electron chi connectivity index (χ4n) is 3.31. The Labute approximate surface area is 175 Å². The summed E-state index contributed by atoms with van der Waals surface area (Å²) in [5, 5.41) is 6.90. The van der Waals surface area contributed by atoms with Crippen molar-refractivity contribution in [2.45, 2.75) is 18.9 Å². The van der Waals surface area contributed by atoms with E-state index in [9.17, 15) is 0 Å². The fraction of sp³-hybridized carbons (Fsp3) is 0.318. The summed E-state index contributed by atoms with van der Waals surface area (Å²) >= 11 is 0. The molecule has 2 N–H and O–H groups in total. The molecule has 8 heteroatoms. The van der Waals surface area contributed by atoms with E-state index in [2.05, 4.69) is 25.6 Å². The predicted octanol–water partition coefficient (Wildman–Crippen LogP) is 3.51. The van der Waals surface area contributed by atoms with Gasteiger partial charge in [0, 0.05) is 30.4 Å². The minimum atomic E-state index is 0.426. The number of para-hydroxylation sites is 2. The minimum absolute atomic E-state index is 0.426. The van der Waals surface area contributed by atoms with Gasteiger partial charge in [0.15, 0.2) is 17.3 Å². The maximum Gasteiger partial charge on any atom is 0.246 e. The lowest BCUT2D eigenvalue weighted by Gasteiger charge is -2.16. The SMILES string of the molecule is COc1ccc(-c2ncc(NC[C@@H]3CCCN3)c(Oc3ccccc3OC)n2)cn1. The van der Waals surface area contributed by atoms with E-state index in [0.29, 0.717) is 35.1 Å². The van der Waals surface area contributed by atoms with Crippen LogP contribution in [-0.4, -0.2) is 48.3 Å². The van der Waals surface area contributed by atoms with Gasteiger partial charge in [-0.1, -0.05) is 12.1 Å². The van der Waals surface area contributed by atoms with Crippen molar-refractivity contribution in [3.63, 3.8) is 0 Å². The normalized spacial score (nSPS) is 15.6. The van der Waals surface area contributed by atoms with Crippen LogP contribution < -0.4 is 24.8 Å². The van der Waals surface area contributed by atoms with E-state index in [0.717, 1.165) is 30.8 Å². The average molecular weight is 407 g/mol. The van der Waals surface area contributed by atoms with Gasteiger partial charge in [-0.05, 0) is 37.6 Å². The second-order valence-electron chi connectivity index (χ2n) is 6.93. The Bertz CT molecular complexity index is 975. The van der Waals surface area contributed by atoms with Crippen LogP contribution in [0.2, 0.25) is 0 Å². The molecule has 1 atom stereocenters. The van der Waals surface area contributed by atoms with Crippen molar-refractivity contribution in [1.29, 1.82) is 0 Å². The molecule has 0 amide bonds. The number of benzene rings is 1. The summed E-state index contributed by atoms with van der Waals surface area (Å²) in [5.74, 6) is 2.69. The summed E-state index contributed by atoms with van der Waals surface area (Å²) in [6.07, 6.45) is 5.76. The van der Waals surface area contributed by atoms with Crippen molar-refractivity contribution in [2.75, 3.05) is 32.6 Å². The van der Waals surface area contributed by atoms with Gasteiger partial charge in [-0.3, -0.25) is 0 Å². The molecular formula is C22H25N5O3. The van der Waals surface area contributed by atoms with Crippen LogP contribution in [0.3, 0.4) is 0 Å². The number of anilines is 1. The number of nitrogens with one attached hydrogen (secondary N) is 2. The van der Waals surface area contributed by atoms with Crippen LogP contribution in [0.25, 0.3) is 11.4 Å². The molecule has 8 nitrogen and oxygen atoms in total. The highest BCUT2D eigenvalue weighted by molar-refractivity contribution is 5.61. The number of hydrogen-bond acceptors (Lipinski definition) is 8. The van der Waals surface area contributed by atoms with E-state index in [1.54, 1.807) is 32.7 Å². The van der Waals surface area contributed by atoms with Gasteiger partial charge in [0.05, 0.1) is 20.4 Å². The first-order valence-corrected chi connectivity index (χ1v) is 9.92. The van der Waals surface area contributed by atoms with E-state index in [1.165, 1.54) is 6.42 Å². The monoisotopic (exact) mass is 407 g/mol. The molecule has 1 aliphatic rings. The van der Waals surface area contributed by atoms with E-state index in [-0.39, 0.29) is 0 Å². The summed E-state index contributed by atoms with van der Waals surface area (Å²) in [6, 6.07) is 11.5. The molecule has 1 saturated heterocycles. The van der Waals surface area contributed by atoms with Gasteiger partial charge in [-0.2, -0.15) is 4.98 Å². The second-order valence-corrected chi connectivity index (χ2v) is 6.93. The molecule has 0 bridgehead atoms. The smallest absolute Gasteiger partial charge is 0.246 e. The Kier molecular flexibility index (Phi) is 6.24. The van der Waals surface area contributed by atoms with Gasteiger partial charge in [0.2, 0.25) is 11.8 Å². The van der Waals surface area contributed by atoms with Crippen molar-refractivity contribution in [3.8, 4) is 34.6 Å². The summed E-state index contributed by atoms with van der Waals surface area (Å²) in [6.45, 7) is 1.83. The van der Waals surface area contributed by atoms with Gasteiger partial charge in [-0.15, -0.1) is 0 Å². The molecule has 0 saturated carbocycles. The Morgan fingerprint density at radius 2 is 1.90 bits per heavy atom. The van der Waals surface area contributed by atoms with Crippen LogP contribution in [0, 0.1) is 0 Å². The summed E-state index contributed by atoms with van der Waals surface area (Å²) < 4.78 is 16.7. The quantitative estimate of drug-likeness (QED) is 0.586. The molecule has 156 valence electrons. The summed E-state index contributed by atoms with van der Waals surface area (Å²) in [7, 11) is 3.19. The standard InChI is InChI=1S/C22H25N5O3/c1-28-18-7-3-4-8-19(18)30-22-17(24-13-16-6-5-11-23-16)14-26-21(27-22)15-9-10-20(29-2)25-12-15/h3-4,7-10,12,14,16,23-24H,5-6,11,13H2,1-2H3/t16-/m0/s1. The first-order valence-electron chi connectivity index (χ1n) is 9.92. The van der Waals surface area contributed by atoms with Crippen molar-refractivity contribution >= 4 is 5.69 Å². The number of methoxy groups -OCH3 is 2. The topological polar surface area (TPSA) is 90.4 Å². The Morgan fingerprint density at radius 1 is 1.03 bits per heavy atom. The van der Waals surface area contributed by atoms with Crippen molar-refractivity contribution < 1.29 is 14.2 Å². The molecule has 2 aromatic heterocycles. The zero-order chi connectivity index (χ0) is 20.8. The highest BCUT2D eigenvalue weighted by Gasteiger charge is 2.17. The van der Waals surface area contributed by atoms with Crippen molar-refractivity contribution in [2.24, 2.45) is 0 Å². The second kappa shape index (κ2) is 9.41. The molecule has 30 heavy (non-hydrogen) atoms. The van der Waals surface area contributed by atoms with Gasteiger partial charge in [0.25, 0.3) is 0 Å². The molecular weight excluding hydrogens is 382 g/mol. The maximum absolute atomic E-state index is 6.15. The number of nitrogens with zero attached hydrogens (tertiary/aromatic N) is 3. The number of rotatable bonds is 8. The highest BCUT2D eigenvalue weighted by atomic mass is 16.5. The Morgan fingerprint density at radius 3 is 2.60 bits per heavy atom. The highest BCUT2D eigenvalue weighted by Crippen LogP contribution is 2.34. The number of pyridine rings is 1. The molecule has 0 aliphatic carbocycles. The molecule has 3 aromatic rings. The number of aromatic nitrogens is 3. The average Bonchev–Trinajstić information content (AvgIpc) is 3.32. The molecule has 1 fully saturated rings. The molecule has 0 radical (unpaired) electrons. The molecule has 0 unspecified atom stereocenters.